The molecule has 7 nitrogen and oxygen atoms in total. The smallest absolute Gasteiger partial charge is 0.349 e. The number of hydrogen-bond donors (Lipinski definition) is 1. The summed E-state index contributed by atoms with van der Waals surface area (Å²) < 4.78 is 18.4. The second kappa shape index (κ2) is 8.40. The zero-order valence-corrected chi connectivity index (χ0v) is 15.1. The van der Waals surface area contributed by atoms with Gasteiger partial charge in [0.1, 0.15) is 4.88 Å². The molecule has 0 spiro atoms. The Balaban J connectivity index is 1.63. The Morgan fingerprint density at radius 1 is 1.14 bits per heavy atom. The summed E-state index contributed by atoms with van der Waals surface area (Å²) in [6.45, 7) is -0.587. The number of carbonyl (C=O) groups excluding carboxylic acids is 2. The Morgan fingerprint density at radius 2 is 1.89 bits per heavy atom. The number of amides is 1. The quantitative estimate of drug-likeness (QED) is 0.379. The summed E-state index contributed by atoms with van der Waals surface area (Å²) in [6, 6.07) is 14.0. The molecule has 1 amide bonds. The van der Waals surface area contributed by atoms with Crippen molar-refractivity contribution in [2.75, 3.05) is 11.9 Å². The summed E-state index contributed by atoms with van der Waals surface area (Å²) in [5.74, 6) is -2.37. The number of benzene rings is 2. The molecule has 3 rings (SSSR count). The Labute approximate surface area is 162 Å². The van der Waals surface area contributed by atoms with E-state index in [9.17, 15) is 24.1 Å². The minimum absolute atomic E-state index is 0.0234. The number of rotatable bonds is 6. The molecular weight excluding hydrogens is 387 g/mol. The number of ether oxygens (including phenoxy) is 1. The molecule has 0 aliphatic carbocycles. The lowest BCUT2D eigenvalue weighted by atomic mass is 10.1. The standard InChI is InChI=1S/C19H13FN2O5S/c20-15-7-6-13(10-16(15)22(25)26)21-17(23)11-27-19(24)18-14(8-9-28-18)12-4-2-1-3-5-12/h1-10H,11H2,(H,21,23). The number of nitro groups is 1. The van der Waals surface area contributed by atoms with Gasteiger partial charge in [0.05, 0.1) is 4.92 Å². The third-order valence-electron chi connectivity index (χ3n) is 3.70. The minimum atomic E-state index is -1.01. The molecule has 0 fully saturated rings. The molecule has 1 heterocycles. The van der Waals surface area contributed by atoms with Gasteiger partial charge in [-0.2, -0.15) is 4.39 Å². The lowest BCUT2D eigenvalue weighted by Gasteiger charge is -2.07. The van der Waals surface area contributed by atoms with Crippen LogP contribution in [0.2, 0.25) is 0 Å². The fourth-order valence-electron chi connectivity index (χ4n) is 2.44. The molecule has 0 aliphatic rings. The number of carbonyl (C=O) groups is 2. The minimum Gasteiger partial charge on any atom is -0.451 e. The van der Waals surface area contributed by atoms with Crippen molar-refractivity contribution in [3.63, 3.8) is 0 Å². The van der Waals surface area contributed by atoms with E-state index < -0.39 is 34.9 Å². The Kier molecular flexibility index (Phi) is 5.75. The predicted molar refractivity (Wildman–Crippen MR) is 102 cm³/mol. The van der Waals surface area contributed by atoms with E-state index in [4.69, 9.17) is 4.74 Å². The summed E-state index contributed by atoms with van der Waals surface area (Å²) >= 11 is 1.19. The third kappa shape index (κ3) is 4.38. The molecule has 9 heteroatoms. The summed E-state index contributed by atoms with van der Waals surface area (Å²) in [6.07, 6.45) is 0. The van der Waals surface area contributed by atoms with Crippen LogP contribution in [0.3, 0.4) is 0 Å². The fraction of sp³-hybridized carbons (Fsp3) is 0.0526. The zero-order chi connectivity index (χ0) is 20.1. The molecule has 0 unspecified atom stereocenters. The van der Waals surface area contributed by atoms with Gasteiger partial charge >= 0.3 is 11.7 Å². The highest BCUT2D eigenvalue weighted by Crippen LogP contribution is 2.28. The topological polar surface area (TPSA) is 98.5 Å². The van der Waals surface area contributed by atoms with Crippen LogP contribution < -0.4 is 5.32 Å². The number of hydrogen-bond acceptors (Lipinski definition) is 6. The number of thiophene rings is 1. The molecule has 0 radical (unpaired) electrons. The monoisotopic (exact) mass is 400 g/mol. The maximum Gasteiger partial charge on any atom is 0.349 e. The molecule has 3 aromatic rings. The van der Waals surface area contributed by atoms with Gasteiger partial charge in [0.15, 0.2) is 6.61 Å². The lowest BCUT2D eigenvalue weighted by Crippen LogP contribution is -2.20. The molecule has 1 N–H and O–H groups in total. The number of esters is 1. The van der Waals surface area contributed by atoms with Crippen LogP contribution in [0, 0.1) is 15.9 Å². The van der Waals surface area contributed by atoms with E-state index in [0.717, 1.165) is 17.7 Å². The van der Waals surface area contributed by atoms with E-state index in [-0.39, 0.29) is 5.69 Å². The van der Waals surface area contributed by atoms with Gasteiger partial charge in [0, 0.05) is 17.3 Å². The Hall–Kier alpha value is -3.59. The first kappa shape index (κ1) is 19.2. The lowest BCUT2D eigenvalue weighted by molar-refractivity contribution is -0.387. The Morgan fingerprint density at radius 3 is 2.61 bits per heavy atom. The van der Waals surface area contributed by atoms with Gasteiger partial charge in [0.25, 0.3) is 5.91 Å². The highest BCUT2D eigenvalue weighted by molar-refractivity contribution is 7.12. The fourth-order valence-corrected chi connectivity index (χ4v) is 3.24. The first-order valence-corrected chi connectivity index (χ1v) is 8.87. The van der Waals surface area contributed by atoms with Gasteiger partial charge in [-0.1, -0.05) is 30.3 Å². The first-order valence-electron chi connectivity index (χ1n) is 7.99. The highest BCUT2D eigenvalue weighted by Gasteiger charge is 2.18. The van der Waals surface area contributed by atoms with Crippen molar-refractivity contribution < 1.29 is 23.6 Å². The number of halogens is 1. The van der Waals surface area contributed by atoms with Crippen LogP contribution in [0.15, 0.2) is 60.0 Å². The molecule has 1 aromatic heterocycles. The number of nitrogens with one attached hydrogen (secondary N) is 1. The Bertz CT molecular complexity index is 1040. The van der Waals surface area contributed by atoms with Crippen LogP contribution >= 0.6 is 11.3 Å². The molecule has 0 aliphatic heterocycles. The summed E-state index contributed by atoms with van der Waals surface area (Å²) in [5.41, 5.74) is 0.806. The summed E-state index contributed by atoms with van der Waals surface area (Å²) in [5, 5.41) is 14.8. The SMILES string of the molecule is O=C(COC(=O)c1sccc1-c1ccccc1)Nc1ccc(F)c([N+](=O)[O-])c1. The van der Waals surface area contributed by atoms with Crippen LogP contribution in [0.25, 0.3) is 11.1 Å². The van der Waals surface area contributed by atoms with E-state index in [1.54, 1.807) is 11.4 Å². The molecule has 142 valence electrons. The van der Waals surface area contributed by atoms with Gasteiger partial charge in [-0.3, -0.25) is 14.9 Å². The molecule has 28 heavy (non-hydrogen) atoms. The number of anilines is 1. The van der Waals surface area contributed by atoms with Gasteiger partial charge in [-0.15, -0.1) is 11.3 Å². The number of nitro benzene ring substituents is 1. The van der Waals surface area contributed by atoms with Crippen molar-refractivity contribution in [1.29, 1.82) is 0 Å². The average Bonchev–Trinajstić information content (AvgIpc) is 3.18. The van der Waals surface area contributed by atoms with Gasteiger partial charge in [0.2, 0.25) is 5.82 Å². The maximum atomic E-state index is 13.3. The van der Waals surface area contributed by atoms with Crippen LogP contribution in [0.1, 0.15) is 9.67 Å². The highest BCUT2D eigenvalue weighted by atomic mass is 32.1. The van der Waals surface area contributed by atoms with Crippen LogP contribution in [-0.2, 0) is 9.53 Å². The largest absolute Gasteiger partial charge is 0.451 e. The first-order chi connectivity index (χ1) is 13.5. The average molecular weight is 400 g/mol. The second-order valence-electron chi connectivity index (χ2n) is 5.58. The van der Waals surface area contributed by atoms with E-state index >= 15 is 0 Å². The van der Waals surface area contributed by atoms with Crippen LogP contribution in [-0.4, -0.2) is 23.4 Å². The normalized spacial score (nSPS) is 10.3. The predicted octanol–water partition coefficient (Wildman–Crippen LogP) is 4.26. The molecule has 0 bridgehead atoms. The third-order valence-corrected chi connectivity index (χ3v) is 4.59. The van der Waals surface area contributed by atoms with Gasteiger partial charge in [-0.05, 0) is 29.1 Å². The van der Waals surface area contributed by atoms with Gasteiger partial charge < -0.3 is 10.1 Å². The summed E-state index contributed by atoms with van der Waals surface area (Å²) in [7, 11) is 0. The molecule has 0 saturated carbocycles. The van der Waals surface area contributed by atoms with Crippen molar-refractivity contribution in [2.24, 2.45) is 0 Å². The van der Waals surface area contributed by atoms with E-state index in [2.05, 4.69) is 5.32 Å². The second-order valence-corrected chi connectivity index (χ2v) is 6.49. The summed E-state index contributed by atoms with van der Waals surface area (Å²) in [4.78, 5) is 34.5. The van der Waals surface area contributed by atoms with Crippen molar-refractivity contribution in [3.8, 4) is 11.1 Å². The van der Waals surface area contributed by atoms with Crippen molar-refractivity contribution in [3.05, 3.63) is 80.8 Å². The zero-order valence-electron chi connectivity index (χ0n) is 14.3. The van der Waals surface area contributed by atoms with E-state index in [0.29, 0.717) is 10.4 Å². The molecular formula is C19H13FN2O5S. The van der Waals surface area contributed by atoms with Crippen molar-refractivity contribution >= 4 is 34.6 Å². The van der Waals surface area contributed by atoms with Gasteiger partial charge in [-0.25, -0.2) is 4.79 Å². The van der Waals surface area contributed by atoms with E-state index in [1.807, 2.05) is 30.3 Å². The van der Waals surface area contributed by atoms with Crippen molar-refractivity contribution in [2.45, 2.75) is 0 Å². The van der Waals surface area contributed by atoms with Crippen LogP contribution in [0.5, 0.6) is 0 Å². The van der Waals surface area contributed by atoms with Crippen LogP contribution in [0.4, 0.5) is 15.8 Å². The van der Waals surface area contributed by atoms with Crippen molar-refractivity contribution in [1.82, 2.24) is 0 Å². The molecule has 0 atom stereocenters. The molecule has 2 aromatic carbocycles. The maximum absolute atomic E-state index is 13.3. The number of nitrogens with zero attached hydrogens (tertiary/aromatic N) is 1. The van der Waals surface area contributed by atoms with E-state index in [1.165, 1.54) is 17.4 Å². The molecule has 0 saturated heterocycles.